The van der Waals surface area contributed by atoms with E-state index in [0.717, 1.165) is 14.6 Å². The van der Waals surface area contributed by atoms with Gasteiger partial charge < -0.3 is 5.11 Å². The fourth-order valence-corrected chi connectivity index (χ4v) is 3.96. The molecule has 0 aliphatic heterocycles. The Bertz CT molecular complexity index is 450. The molecular weight excluding hydrogens is 268 g/mol. The van der Waals surface area contributed by atoms with E-state index < -0.39 is 0 Å². The van der Waals surface area contributed by atoms with E-state index in [1.165, 1.54) is 16.2 Å². The van der Waals surface area contributed by atoms with Crippen molar-refractivity contribution in [3.05, 3.63) is 22.7 Å². The molecule has 0 saturated carbocycles. The molecule has 0 unspecified atom stereocenters. The standard InChI is InChI=1S/C9H7BrOS2/c1-12-9-6(10)3-2-5-4-7(11)13-8(5)9/h2-4,11H,1H3. The second-order valence-electron chi connectivity index (χ2n) is 2.58. The fraction of sp³-hybridized carbons (Fsp3) is 0.111. The quantitative estimate of drug-likeness (QED) is 0.791. The maximum Gasteiger partial charge on any atom is 0.172 e. The second kappa shape index (κ2) is 3.52. The smallest absolute Gasteiger partial charge is 0.172 e. The van der Waals surface area contributed by atoms with Crippen LogP contribution in [-0.2, 0) is 0 Å². The third kappa shape index (κ3) is 1.58. The summed E-state index contributed by atoms with van der Waals surface area (Å²) in [5, 5.41) is 10.8. The Morgan fingerprint density at radius 2 is 2.23 bits per heavy atom. The summed E-state index contributed by atoms with van der Waals surface area (Å²) in [4.78, 5) is 1.20. The molecule has 0 amide bonds. The molecule has 0 spiro atoms. The highest BCUT2D eigenvalue weighted by Gasteiger charge is 2.08. The van der Waals surface area contributed by atoms with Gasteiger partial charge in [0.15, 0.2) is 5.06 Å². The number of halogens is 1. The van der Waals surface area contributed by atoms with Gasteiger partial charge in [-0.3, -0.25) is 0 Å². The number of aromatic hydroxyl groups is 1. The van der Waals surface area contributed by atoms with E-state index in [9.17, 15) is 5.11 Å². The molecule has 1 aromatic carbocycles. The first-order valence-corrected chi connectivity index (χ1v) is 6.51. The molecule has 2 rings (SSSR count). The van der Waals surface area contributed by atoms with Crippen molar-refractivity contribution >= 4 is 49.1 Å². The normalized spacial score (nSPS) is 10.9. The SMILES string of the molecule is CSc1c(Br)ccc2cc(O)sc12. The second-order valence-corrected chi connectivity index (χ2v) is 5.29. The van der Waals surface area contributed by atoms with Crippen LogP contribution in [0.4, 0.5) is 0 Å². The molecule has 0 atom stereocenters. The van der Waals surface area contributed by atoms with Crippen LogP contribution in [0.2, 0.25) is 0 Å². The van der Waals surface area contributed by atoms with Crippen LogP contribution in [0, 0.1) is 0 Å². The van der Waals surface area contributed by atoms with Crippen LogP contribution in [0.1, 0.15) is 0 Å². The van der Waals surface area contributed by atoms with Crippen LogP contribution < -0.4 is 0 Å². The van der Waals surface area contributed by atoms with Gasteiger partial charge >= 0.3 is 0 Å². The monoisotopic (exact) mass is 274 g/mol. The van der Waals surface area contributed by atoms with E-state index in [1.807, 2.05) is 18.4 Å². The summed E-state index contributed by atoms with van der Waals surface area (Å²) in [6.45, 7) is 0. The van der Waals surface area contributed by atoms with Gasteiger partial charge in [-0.1, -0.05) is 17.4 Å². The highest BCUT2D eigenvalue weighted by Crippen LogP contribution is 2.40. The predicted octanol–water partition coefficient (Wildman–Crippen LogP) is 4.09. The van der Waals surface area contributed by atoms with E-state index in [4.69, 9.17) is 0 Å². The molecule has 1 heterocycles. The maximum atomic E-state index is 9.36. The van der Waals surface area contributed by atoms with Gasteiger partial charge in [0.1, 0.15) is 0 Å². The van der Waals surface area contributed by atoms with Crippen molar-refractivity contribution in [2.24, 2.45) is 0 Å². The first kappa shape index (κ1) is 9.37. The molecule has 1 N–H and O–H groups in total. The molecule has 1 nitrogen and oxygen atoms in total. The van der Waals surface area contributed by atoms with E-state index >= 15 is 0 Å². The molecule has 1 aromatic heterocycles. The minimum absolute atomic E-state index is 0.378. The van der Waals surface area contributed by atoms with E-state index in [1.54, 1.807) is 17.8 Å². The first-order chi connectivity index (χ1) is 6.22. The van der Waals surface area contributed by atoms with Gasteiger partial charge in [0.2, 0.25) is 0 Å². The van der Waals surface area contributed by atoms with Crippen LogP contribution >= 0.6 is 39.0 Å². The Morgan fingerprint density at radius 1 is 1.46 bits per heavy atom. The number of rotatable bonds is 1. The van der Waals surface area contributed by atoms with Crippen molar-refractivity contribution in [1.82, 2.24) is 0 Å². The zero-order valence-electron chi connectivity index (χ0n) is 6.87. The largest absolute Gasteiger partial charge is 0.499 e. The summed E-state index contributed by atoms with van der Waals surface area (Å²) in [6, 6.07) is 5.82. The van der Waals surface area contributed by atoms with Gasteiger partial charge in [-0.2, -0.15) is 0 Å². The Kier molecular flexibility index (Phi) is 2.53. The van der Waals surface area contributed by atoms with Crippen LogP contribution in [0.5, 0.6) is 5.06 Å². The summed E-state index contributed by atoms with van der Waals surface area (Å²) in [7, 11) is 0. The average Bonchev–Trinajstić information content (AvgIpc) is 2.45. The highest BCUT2D eigenvalue weighted by molar-refractivity contribution is 9.10. The highest BCUT2D eigenvalue weighted by atomic mass is 79.9. The van der Waals surface area contributed by atoms with Crippen LogP contribution in [-0.4, -0.2) is 11.4 Å². The van der Waals surface area contributed by atoms with Crippen molar-refractivity contribution in [1.29, 1.82) is 0 Å². The molecule has 2 aromatic rings. The van der Waals surface area contributed by atoms with Crippen LogP contribution in [0.15, 0.2) is 27.6 Å². The molecule has 0 radical (unpaired) electrons. The Balaban J connectivity index is 2.82. The number of hydrogen-bond acceptors (Lipinski definition) is 3. The summed E-state index contributed by atoms with van der Waals surface area (Å²) in [5.74, 6) is 0. The van der Waals surface area contributed by atoms with Crippen molar-refractivity contribution < 1.29 is 5.11 Å². The molecule has 0 aliphatic rings. The molecule has 4 heteroatoms. The van der Waals surface area contributed by atoms with E-state index in [2.05, 4.69) is 15.9 Å². The third-order valence-electron chi connectivity index (χ3n) is 1.78. The summed E-state index contributed by atoms with van der Waals surface area (Å²) in [5.41, 5.74) is 0. The lowest BCUT2D eigenvalue weighted by Gasteiger charge is -2.00. The Morgan fingerprint density at radius 3 is 2.92 bits per heavy atom. The lowest BCUT2D eigenvalue weighted by atomic mass is 10.3. The first-order valence-electron chi connectivity index (χ1n) is 3.67. The molecule has 0 bridgehead atoms. The van der Waals surface area contributed by atoms with E-state index in [-0.39, 0.29) is 0 Å². The summed E-state index contributed by atoms with van der Waals surface area (Å²) < 4.78 is 2.24. The van der Waals surface area contributed by atoms with Gasteiger partial charge in [0.25, 0.3) is 0 Å². The zero-order chi connectivity index (χ0) is 9.42. The molecule has 13 heavy (non-hydrogen) atoms. The van der Waals surface area contributed by atoms with Crippen molar-refractivity contribution in [3.8, 4) is 5.06 Å². The minimum Gasteiger partial charge on any atom is -0.499 e. The number of thiophene rings is 1. The number of hydrogen-bond donors (Lipinski definition) is 1. The van der Waals surface area contributed by atoms with Crippen molar-refractivity contribution in [3.63, 3.8) is 0 Å². The Hall–Kier alpha value is -0.190. The number of fused-ring (bicyclic) bond motifs is 1. The molecule has 0 fully saturated rings. The average molecular weight is 275 g/mol. The number of benzene rings is 1. The molecule has 0 saturated heterocycles. The third-order valence-corrected chi connectivity index (χ3v) is 4.64. The van der Waals surface area contributed by atoms with Gasteiger partial charge in [-0.05, 0) is 39.7 Å². The molecular formula is C9H7BrOS2. The zero-order valence-corrected chi connectivity index (χ0v) is 10.1. The molecule has 68 valence electrons. The van der Waals surface area contributed by atoms with Crippen LogP contribution in [0.3, 0.4) is 0 Å². The number of thioether (sulfide) groups is 1. The van der Waals surface area contributed by atoms with E-state index in [0.29, 0.717) is 5.06 Å². The van der Waals surface area contributed by atoms with Gasteiger partial charge in [0.05, 0.1) is 4.70 Å². The fourth-order valence-electron chi connectivity index (χ4n) is 1.23. The summed E-state index contributed by atoms with van der Waals surface area (Å²) >= 11 is 6.60. The predicted molar refractivity (Wildman–Crippen MR) is 63.0 cm³/mol. The van der Waals surface area contributed by atoms with Gasteiger partial charge in [-0.25, -0.2) is 0 Å². The van der Waals surface area contributed by atoms with Gasteiger partial charge in [0, 0.05) is 9.37 Å². The van der Waals surface area contributed by atoms with Crippen molar-refractivity contribution in [2.75, 3.05) is 6.26 Å². The lowest BCUT2D eigenvalue weighted by molar-refractivity contribution is 0.491. The van der Waals surface area contributed by atoms with Gasteiger partial charge in [-0.15, -0.1) is 11.8 Å². The summed E-state index contributed by atoms with van der Waals surface area (Å²) in [6.07, 6.45) is 2.04. The lowest BCUT2D eigenvalue weighted by Crippen LogP contribution is -1.72. The van der Waals surface area contributed by atoms with Crippen LogP contribution in [0.25, 0.3) is 10.1 Å². The maximum absolute atomic E-state index is 9.36. The van der Waals surface area contributed by atoms with Crippen molar-refractivity contribution in [2.45, 2.75) is 4.90 Å². The molecule has 0 aliphatic carbocycles. The Labute approximate surface area is 92.9 Å². The minimum atomic E-state index is 0.378. The topological polar surface area (TPSA) is 20.2 Å².